The van der Waals surface area contributed by atoms with Gasteiger partial charge < -0.3 is 20.1 Å². The Balaban J connectivity index is 1.09. The lowest BCUT2D eigenvalue weighted by Crippen LogP contribution is -2.32. The minimum atomic E-state index is -4.84. The van der Waals surface area contributed by atoms with Gasteiger partial charge >= 0.3 is 6.36 Å². The lowest BCUT2D eigenvalue weighted by molar-refractivity contribution is -0.274. The molecule has 0 spiro atoms. The van der Waals surface area contributed by atoms with Gasteiger partial charge in [0.15, 0.2) is 0 Å². The van der Waals surface area contributed by atoms with Gasteiger partial charge in [-0.15, -0.1) is 13.2 Å². The molecule has 3 aromatic carbocycles. The Morgan fingerprint density at radius 2 is 1.47 bits per heavy atom. The summed E-state index contributed by atoms with van der Waals surface area (Å²) in [4.78, 5) is 9.37. The van der Waals surface area contributed by atoms with E-state index in [1.165, 1.54) is 5.56 Å². The number of aromatic nitrogens is 2. The Morgan fingerprint density at radius 1 is 0.822 bits per heavy atom. The third-order valence-corrected chi connectivity index (χ3v) is 9.35. The number of rotatable bonds is 13. The molecule has 1 heterocycles. The number of para-hydroxylation sites is 1. The van der Waals surface area contributed by atoms with Crippen molar-refractivity contribution in [3.63, 3.8) is 0 Å². The van der Waals surface area contributed by atoms with Gasteiger partial charge in [0.05, 0.1) is 17.5 Å². The van der Waals surface area contributed by atoms with E-state index >= 15 is 0 Å². The van der Waals surface area contributed by atoms with E-state index in [1.807, 2.05) is 48.5 Å². The van der Waals surface area contributed by atoms with Gasteiger partial charge in [0.2, 0.25) is 16.0 Å². The number of hydrogen-bond acceptors (Lipinski definition) is 8. The predicted octanol–water partition coefficient (Wildman–Crippen LogP) is 6.39. The number of fused-ring (bicyclic) bond motifs is 1. The maximum absolute atomic E-state index is 12.7. The summed E-state index contributed by atoms with van der Waals surface area (Å²) < 4.78 is 74.1. The summed E-state index contributed by atoms with van der Waals surface area (Å²) in [6, 6.07) is 20.1. The number of benzene rings is 3. The highest BCUT2D eigenvalue weighted by molar-refractivity contribution is 7.89. The van der Waals surface area contributed by atoms with Gasteiger partial charge in [-0.2, -0.15) is 4.98 Å². The average Bonchev–Trinajstić information content (AvgIpc) is 3.03. The van der Waals surface area contributed by atoms with Gasteiger partial charge in [0.1, 0.15) is 17.3 Å². The number of alkyl halides is 3. The second kappa shape index (κ2) is 14.3. The number of halogens is 3. The van der Waals surface area contributed by atoms with E-state index in [4.69, 9.17) is 14.7 Å². The molecule has 9 nitrogen and oxygen atoms in total. The van der Waals surface area contributed by atoms with Crippen LogP contribution in [-0.2, 0) is 16.4 Å². The van der Waals surface area contributed by atoms with E-state index in [1.54, 1.807) is 7.11 Å². The lowest BCUT2D eigenvalue weighted by Gasteiger charge is -2.28. The first kappa shape index (κ1) is 32.3. The molecule has 1 aliphatic carbocycles. The molecule has 0 aliphatic heterocycles. The molecule has 0 amide bonds. The highest BCUT2D eigenvalue weighted by Crippen LogP contribution is 2.30. The molecule has 13 heteroatoms. The molecule has 0 bridgehead atoms. The fourth-order valence-electron chi connectivity index (χ4n) is 5.41. The highest BCUT2D eigenvalue weighted by atomic mass is 32.2. The van der Waals surface area contributed by atoms with Crippen LogP contribution in [0.15, 0.2) is 77.7 Å². The minimum Gasteiger partial charge on any atom is -0.497 e. The number of sulfonamides is 1. The fourth-order valence-corrected chi connectivity index (χ4v) is 6.53. The summed E-state index contributed by atoms with van der Waals surface area (Å²) in [5.74, 6) is 2.24. The number of methoxy groups -OCH3 is 1. The third kappa shape index (κ3) is 9.21. The molecule has 1 aliphatic rings. The van der Waals surface area contributed by atoms with Crippen molar-refractivity contribution < 1.29 is 31.1 Å². The molecule has 0 radical (unpaired) electrons. The quantitative estimate of drug-likeness (QED) is 0.154. The normalized spacial score (nSPS) is 17.2. The maximum Gasteiger partial charge on any atom is 0.573 e. The molecule has 1 fully saturated rings. The number of anilines is 2. The van der Waals surface area contributed by atoms with Crippen LogP contribution in [0, 0.1) is 11.8 Å². The van der Waals surface area contributed by atoms with Crippen LogP contribution in [0.25, 0.3) is 10.9 Å². The average molecular weight is 644 g/mol. The largest absolute Gasteiger partial charge is 0.573 e. The van der Waals surface area contributed by atoms with Crippen LogP contribution < -0.4 is 24.8 Å². The van der Waals surface area contributed by atoms with Crippen LogP contribution in [0.2, 0.25) is 0 Å². The van der Waals surface area contributed by atoms with Crippen LogP contribution in [0.5, 0.6) is 11.5 Å². The SMILES string of the molecule is COc1ccc(CCNc2nc(NCC3CCC(CNS(=O)(=O)c4ccc(OC(F)(F)F)cc4)CC3)nc3ccccc23)cc1. The first-order valence-corrected chi connectivity index (χ1v) is 16.3. The fraction of sp³-hybridized carbons (Fsp3) is 0.375. The van der Waals surface area contributed by atoms with Crippen molar-refractivity contribution in [3.8, 4) is 11.5 Å². The monoisotopic (exact) mass is 643 g/mol. The number of ether oxygens (including phenoxy) is 2. The van der Waals surface area contributed by atoms with Crippen molar-refractivity contribution in [3.05, 3.63) is 78.4 Å². The molecule has 1 aromatic heterocycles. The number of nitrogens with one attached hydrogen (secondary N) is 3. The molecule has 0 atom stereocenters. The summed E-state index contributed by atoms with van der Waals surface area (Å²) in [6.45, 7) is 1.68. The van der Waals surface area contributed by atoms with Crippen LogP contribution >= 0.6 is 0 Å². The third-order valence-electron chi connectivity index (χ3n) is 7.91. The van der Waals surface area contributed by atoms with E-state index in [0.717, 1.165) is 78.8 Å². The zero-order chi connectivity index (χ0) is 31.9. The van der Waals surface area contributed by atoms with Crippen LogP contribution in [-0.4, -0.2) is 51.5 Å². The molecular weight excluding hydrogens is 607 g/mol. The second-order valence-electron chi connectivity index (χ2n) is 11.1. The van der Waals surface area contributed by atoms with Crippen molar-refractivity contribution in [2.45, 2.75) is 43.4 Å². The Hall–Kier alpha value is -4.10. The van der Waals surface area contributed by atoms with Crippen LogP contribution in [0.1, 0.15) is 31.2 Å². The Bertz CT molecular complexity index is 1660. The van der Waals surface area contributed by atoms with E-state index in [9.17, 15) is 21.6 Å². The molecule has 0 unspecified atom stereocenters. The molecule has 5 rings (SSSR count). The number of hydrogen-bond donors (Lipinski definition) is 3. The van der Waals surface area contributed by atoms with Gasteiger partial charge in [0.25, 0.3) is 0 Å². The van der Waals surface area contributed by atoms with Gasteiger partial charge in [-0.1, -0.05) is 24.3 Å². The standard InChI is InChI=1S/C32H36F3N5O4S/c1-43-25-12-10-22(11-13-25)18-19-36-30-28-4-2-3-5-29(28)39-31(40-30)37-20-23-6-8-24(9-7-23)21-38-45(41,42)27-16-14-26(15-17-27)44-32(33,34)35/h2-5,10-17,23-24,38H,6-9,18-21H2,1H3,(H2,36,37,39,40). The summed E-state index contributed by atoms with van der Waals surface area (Å²) in [5, 5.41) is 7.83. The Kier molecular flexibility index (Phi) is 10.3. The van der Waals surface area contributed by atoms with Crippen molar-refractivity contribution in [2.75, 3.05) is 37.4 Å². The van der Waals surface area contributed by atoms with E-state index < -0.39 is 22.1 Å². The zero-order valence-corrected chi connectivity index (χ0v) is 25.6. The first-order valence-electron chi connectivity index (χ1n) is 14.8. The molecule has 3 N–H and O–H groups in total. The van der Waals surface area contributed by atoms with E-state index in [2.05, 4.69) is 20.1 Å². The van der Waals surface area contributed by atoms with Crippen molar-refractivity contribution in [1.82, 2.24) is 14.7 Å². The smallest absolute Gasteiger partial charge is 0.497 e. The summed E-state index contributed by atoms with van der Waals surface area (Å²) in [7, 11) is -2.20. The molecule has 0 saturated heterocycles. The van der Waals surface area contributed by atoms with Crippen molar-refractivity contribution in [1.29, 1.82) is 0 Å². The van der Waals surface area contributed by atoms with Gasteiger partial charge in [-0.05, 0) is 98.0 Å². The van der Waals surface area contributed by atoms with E-state index in [-0.39, 0.29) is 17.4 Å². The minimum absolute atomic E-state index is 0.111. The zero-order valence-electron chi connectivity index (χ0n) is 24.8. The second-order valence-corrected chi connectivity index (χ2v) is 12.8. The van der Waals surface area contributed by atoms with Gasteiger partial charge in [-0.3, -0.25) is 0 Å². The van der Waals surface area contributed by atoms with Gasteiger partial charge in [0, 0.05) is 25.0 Å². The van der Waals surface area contributed by atoms with E-state index in [0.29, 0.717) is 25.0 Å². The maximum atomic E-state index is 12.7. The lowest BCUT2D eigenvalue weighted by atomic mass is 9.82. The molecule has 240 valence electrons. The van der Waals surface area contributed by atoms with Gasteiger partial charge in [-0.25, -0.2) is 18.1 Å². The van der Waals surface area contributed by atoms with Crippen LogP contribution in [0.3, 0.4) is 0 Å². The summed E-state index contributed by atoms with van der Waals surface area (Å²) in [5.41, 5.74) is 2.04. The Morgan fingerprint density at radius 3 is 2.13 bits per heavy atom. The molecule has 45 heavy (non-hydrogen) atoms. The predicted molar refractivity (Wildman–Crippen MR) is 167 cm³/mol. The van der Waals surface area contributed by atoms with Crippen molar-refractivity contribution >= 4 is 32.7 Å². The first-order chi connectivity index (χ1) is 21.6. The summed E-state index contributed by atoms with van der Waals surface area (Å²) >= 11 is 0. The molecule has 4 aromatic rings. The Labute approximate surface area is 260 Å². The molecule has 1 saturated carbocycles. The highest BCUT2D eigenvalue weighted by Gasteiger charge is 2.31. The van der Waals surface area contributed by atoms with Crippen LogP contribution in [0.4, 0.5) is 24.9 Å². The number of nitrogens with zero attached hydrogens (tertiary/aromatic N) is 2. The van der Waals surface area contributed by atoms with Crippen molar-refractivity contribution in [2.24, 2.45) is 11.8 Å². The molecular formula is C32H36F3N5O4S. The summed E-state index contributed by atoms with van der Waals surface area (Å²) in [6.07, 6.45) is -0.469. The topological polar surface area (TPSA) is 114 Å².